The predicted molar refractivity (Wildman–Crippen MR) is 54.5 cm³/mol. The molecule has 0 fully saturated rings. The molecule has 1 aromatic rings. The van der Waals surface area contributed by atoms with E-state index < -0.39 is 11.0 Å². The van der Waals surface area contributed by atoms with Crippen LogP contribution in [0, 0.1) is 10.5 Å². The summed E-state index contributed by atoms with van der Waals surface area (Å²) in [7, 11) is -1.35. The lowest BCUT2D eigenvalue weighted by Gasteiger charge is -1.98. The van der Waals surface area contributed by atoms with Crippen molar-refractivity contribution in [2.24, 2.45) is 5.14 Å². The summed E-state index contributed by atoms with van der Waals surface area (Å²) in [6.45, 7) is 1.96. The zero-order valence-electron chi connectivity index (χ0n) is 6.00. The van der Waals surface area contributed by atoms with Gasteiger partial charge in [-0.15, -0.1) is 0 Å². The lowest BCUT2D eigenvalue weighted by molar-refractivity contribution is 0.684. The Morgan fingerprint density at radius 3 is 2.55 bits per heavy atom. The van der Waals surface area contributed by atoms with E-state index in [0.717, 1.165) is 9.13 Å². The first kappa shape index (κ1) is 9.15. The van der Waals surface area contributed by atoms with Crippen molar-refractivity contribution in [3.8, 4) is 0 Å². The van der Waals surface area contributed by atoms with Gasteiger partial charge in [-0.1, -0.05) is 0 Å². The molecule has 2 nitrogen and oxygen atoms in total. The second-order valence-electron chi connectivity index (χ2n) is 2.26. The Bertz CT molecular complexity index is 280. The molecule has 0 aromatic heterocycles. The van der Waals surface area contributed by atoms with Gasteiger partial charge in [-0.3, -0.25) is 0 Å². The van der Waals surface area contributed by atoms with Gasteiger partial charge in [0.2, 0.25) is 0 Å². The maximum Gasteiger partial charge on any atom is 0.122 e. The number of hydrogen-bond donors (Lipinski definition) is 1. The molecule has 4 heteroatoms. The molecule has 0 bridgehead atoms. The van der Waals surface area contributed by atoms with E-state index >= 15 is 0 Å². The number of aryl methyl sites for hydroxylation is 1. The van der Waals surface area contributed by atoms with Crippen LogP contribution in [0.4, 0.5) is 0 Å². The van der Waals surface area contributed by atoms with E-state index in [0.29, 0.717) is 4.90 Å². The van der Waals surface area contributed by atoms with Crippen LogP contribution in [0.2, 0.25) is 0 Å². The minimum atomic E-state index is -1.35. The van der Waals surface area contributed by atoms with Crippen LogP contribution < -0.4 is 5.14 Å². The minimum Gasteiger partial charge on any atom is -0.248 e. The van der Waals surface area contributed by atoms with E-state index in [1.165, 1.54) is 0 Å². The molecular weight excluding hydrogens is 273 g/mol. The Hall–Kier alpha value is 0.0600. The van der Waals surface area contributed by atoms with E-state index in [1.54, 1.807) is 0 Å². The lowest BCUT2D eigenvalue weighted by Crippen LogP contribution is -2.02. The summed E-state index contributed by atoms with van der Waals surface area (Å²) in [5.41, 5.74) is 1.09. The van der Waals surface area contributed by atoms with Gasteiger partial charge >= 0.3 is 0 Å². The van der Waals surface area contributed by atoms with Gasteiger partial charge in [-0.25, -0.2) is 9.35 Å². The number of halogens is 1. The normalized spacial score (nSPS) is 13.0. The first-order valence-electron chi connectivity index (χ1n) is 3.03. The first-order chi connectivity index (χ1) is 5.09. The number of rotatable bonds is 1. The van der Waals surface area contributed by atoms with Gasteiger partial charge in [0.15, 0.2) is 0 Å². The molecule has 0 saturated heterocycles. The molecule has 1 atom stereocenters. The highest BCUT2D eigenvalue weighted by molar-refractivity contribution is 14.1. The highest BCUT2D eigenvalue weighted by Crippen LogP contribution is 2.12. The molecule has 0 aliphatic heterocycles. The third-order valence-corrected chi connectivity index (χ3v) is 2.57. The zero-order chi connectivity index (χ0) is 8.43. The Kier molecular flexibility index (Phi) is 3.03. The Morgan fingerprint density at radius 1 is 1.45 bits per heavy atom. The van der Waals surface area contributed by atoms with Crippen molar-refractivity contribution in [1.29, 1.82) is 0 Å². The molecule has 2 N–H and O–H groups in total. The summed E-state index contributed by atoms with van der Waals surface area (Å²) in [4.78, 5) is 0.689. The van der Waals surface area contributed by atoms with Crippen LogP contribution in [0.25, 0.3) is 0 Å². The molecule has 11 heavy (non-hydrogen) atoms. The average Bonchev–Trinajstić information content (AvgIpc) is 1.85. The third kappa shape index (κ3) is 2.53. The largest absolute Gasteiger partial charge is 0.248 e. The highest BCUT2D eigenvalue weighted by atomic mass is 127. The third-order valence-electron chi connectivity index (χ3n) is 1.25. The molecule has 60 valence electrons. The summed E-state index contributed by atoms with van der Waals surface area (Å²) < 4.78 is 11.9. The topological polar surface area (TPSA) is 43.1 Å². The van der Waals surface area contributed by atoms with Gasteiger partial charge in [0.05, 0.1) is 4.90 Å². The predicted octanol–water partition coefficient (Wildman–Crippen LogP) is 1.58. The molecule has 1 aromatic carbocycles. The van der Waals surface area contributed by atoms with Crippen molar-refractivity contribution >= 4 is 33.6 Å². The Morgan fingerprint density at radius 2 is 2.09 bits per heavy atom. The summed E-state index contributed by atoms with van der Waals surface area (Å²) in [5, 5.41) is 5.22. The molecule has 0 radical (unpaired) electrons. The van der Waals surface area contributed by atoms with Gasteiger partial charge in [0.25, 0.3) is 0 Å². The van der Waals surface area contributed by atoms with E-state index in [2.05, 4.69) is 22.6 Å². The van der Waals surface area contributed by atoms with Gasteiger partial charge in [0, 0.05) is 3.57 Å². The van der Waals surface area contributed by atoms with Crippen molar-refractivity contribution in [3.63, 3.8) is 0 Å². The van der Waals surface area contributed by atoms with Crippen molar-refractivity contribution < 1.29 is 4.21 Å². The van der Waals surface area contributed by atoms with Gasteiger partial charge in [0.1, 0.15) is 11.0 Å². The van der Waals surface area contributed by atoms with Crippen molar-refractivity contribution in [1.82, 2.24) is 0 Å². The van der Waals surface area contributed by atoms with Crippen molar-refractivity contribution in [3.05, 3.63) is 27.3 Å². The fourth-order valence-corrected chi connectivity index (χ4v) is 2.40. The van der Waals surface area contributed by atoms with Crippen LogP contribution in [-0.2, 0) is 11.0 Å². The molecule has 0 aliphatic rings. The lowest BCUT2D eigenvalue weighted by atomic mass is 10.2. The standard InChI is InChI=1S/C7H8INOS/c1-5-2-6(8)4-7(3-5)11(9)10/h2-4H,9H2,1H3. The van der Waals surface area contributed by atoms with E-state index in [9.17, 15) is 4.21 Å². The summed E-state index contributed by atoms with van der Waals surface area (Å²) in [5.74, 6) is 0. The molecule has 1 rings (SSSR count). The Labute approximate surface area is 81.9 Å². The van der Waals surface area contributed by atoms with Crippen LogP contribution in [0.15, 0.2) is 23.1 Å². The van der Waals surface area contributed by atoms with E-state index in [4.69, 9.17) is 5.14 Å². The van der Waals surface area contributed by atoms with Gasteiger partial charge < -0.3 is 0 Å². The highest BCUT2D eigenvalue weighted by Gasteiger charge is 1.99. The van der Waals surface area contributed by atoms with Crippen molar-refractivity contribution in [2.45, 2.75) is 11.8 Å². The average molecular weight is 281 g/mol. The summed E-state index contributed by atoms with van der Waals surface area (Å²) in [6.07, 6.45) is 0. The van der Waals surface area contributed by atoms with Gasteiger partial charge in [-0.2, -0.15) is 0 Å². The summed E-state index contributed by atoms with van der Waals surface area (Å²) >= 11 is 2.17. The molecule has 0 amide bonds. The van der Waals surface area contributed by atoms with Crippen LogP contribution in [-0.4, -0.2) is 4.21 Å². The van der Waals surface area contributed by atoms with E-state index in [1.807, 2.05) is 25.1 Å². The van der Waals surface area contributed by atoms with E-state index in [-0.39, 0.29) is 0 Å². The molecule has 0 spiro atoms. The van der Waals surface area contributed by atoms with Crippen LogP contribution in [0.5, 0.6) is 0 Å². The number of benzene rings is 1. The molecule has 1 unspecified atom stereocenters. The monoisotopic (exact) mass is 281 g/mol. The summed E-state index contributed by atoms with van der Waals surface area (Å²) in [6, 6.07) is 5.67. The Balaban J connectivity index is 3.19. The number of hydrogen-bond acceptors (Lipinski definition) is 1. The minimum absolute atomic E-state index is 0.689. The fourth-order valence-electron chi connectivity index (χ4n) is 0.819. The number of nitrogens with two attached hydrogens (primary N) is 1. The molecule has 0 heterocycles. The maximum atomic E-state index is 10.8. The van der Waals surface area contributed by atoms with Crippen LogP contribution in [0.1, 0.15) is 5.56 Å². The quantitative estimate of drug-likeness (QED) is 0.780. The first-order valence-corrected chi connectivity index (χ1v) is 5.32. The molecular formula is C7H8INOS. The second kappa shape index (κ2) is 3.64. The zero-order valence-corrected chi connectivity index (χ0v) is 8.98. The smallest absolute Gasteiger partial charge is 0.122 e. The fraction of sp³-hybridized carbons (Fsp3) is 0.143. The maximum absolute atomic E-state index is 10.8. The van der Waals surface area contributed by atoms with Crippen LogP contribution in [0.3, 0.4) is 0 Å². The SMILES string of the molecule is Cc1cc(I)cc(S(N)=O)c1. The molecule has 0 saturated carbocycles. The van der Waals surface area contributed by atoms with Gasteiger partial charge in [-0.05, 0) is 53.3 Å². The molecule has 0 aliphatic carbocycles. The second-order valence-corrected chi connectivity index (χ2v) is 4.57. The van der Waals surface area contributed by atoms with Crippen LogP contribution >= 0.6 is 22.6 Å². The van der Waals surface area contributed by atoms with Crippen molar-refractivity contribution in [2.75, 3.05) is 0 Å².